The van der Waals surface area contributed by atoms with Crippen molar-refractivity contribution in [1.29, 1.82) is 0 Å². The number of hydrogen-bond donors (Lipinski definition) is 1. The fourth-order valence-electron chi connectivity index (χ4n) is 3.83. The topological polar surface area (TPSA) is 84.4 Å². The standard InChI is InChI=1S/C23H30N4O3/c1-5-22(29)27-10-9-18(14-27)23-25-15(2)20(16(3)26-23)12-21(28)24-13-17-7-6-8-19(11-17)30-4/h6-8,11,18H,5,9-10,12-14H2,1-4H3,(H,24,28). The summed E-state index contributed by atoms with van der Waals surface area (Å²) in [6.07, 6.45) is 1.65. The number of rotatable bonds is 7. The minimum absolute atomic E-state index is 0.0686. The van der Waals surface area contributed by atoms with Crippen molar-refractivity contribution >= 4 is 11.8 Å². The number of carbonyl (C=O) groups excluding carboxylic acids is 2. The highest BCUT2D eigenvalue weighted by molar-refractivity contribution is 5.79. The van der Waals surface area contributed by atoms with E-state index in [9.17, 15) is 9.59 Å². The Balaban J connectivity index is 1.62. The Morgan fingerprint density at radius 1 is 1.23 bits per heavy atom. The van der Waals surface area contributed by atoms with Crippen molar-refractivity contribution in [3.05, 3.63) is 52.6 Å². The molecule has 7 nitrogen and oxygen atoms in total. The lowest BCUT2D eigenvalue weighted by Crippen LogP contribution is -2.28. The number of methoxy groups -OCH3 is 1. The maximum atomic E-state index is 12.5. The third kappa shape index (κ3) is 5.14. The molecular formula is C23H30N4O3. The second-order valence-electron chi connectivity index (χ2n) is 7.72. The summed E-state index contributed by atoms with van der Waals surface area (Å²) in [5.74, 6) is 1.81. The van der Waals surface area contributed by atoms with E-state index in [0.717, 1.165) is 47.1 Å². The molecule has 7 heteroatoms. The molecule has 1 fully saturated rings. The van der Waals surface area contributed by atoms with Crippen LogP contribution in [0.2, 0.25) is 0 Å². The van der Waals surface area contributed by atoms with E-state index in [0.29, 0.717) is 19.5 Å². The molecule has 30 heavy (non-hydrogen) atoms. The number of aryl methyl sites for hydroxylation is 2. The molecule has 1 atom stereocenters. The number of ether oxygens (including phenoxy) is 1. The van der Waals surface area contributed by atoms with Crippen LogP contribution < -0.4 is 10.1 Å². The average Bonchev–Trinajstić information content (AvgIpc) is 3.24. The van der Waals surface area contributed by atoms with Crippen molar-refractivity contribution < 1.29 is 14.3 Å². The van der Waals surface area contributed by atoms with Crippen molar-refractivity contribution in [1.82, 2.24) is 20.2 Å². The number of nitrogens with zero attached hydrogens (tertiary/aromatic N) is 3. The number of carbonyl (C=O) groups is 2. The van der Waals surface area contributed by atoms with Gasteiger partial charge in [-0.3, -0.25) is 9.59 Å². The van der Waals surface area contributed by atoms with Gasteiger partial charge in [0.25, 0.3) is 0 Å². The van der Waals surface area contributed by atoms with Crippen molar-refractivity contribution in [2.45, 2.75) is 52.5 Å². The Morgan fingerprint density at radius 2 is 1.97 bits per heavy atom. The monoisotopic (exact) mass is 410 g/mol. The Kier molecular flexibility index (Phi) is 7.03. The average molecular weight is 411 g/mol. The first-order valence-electron chi connectivity index (χ1n) is 10.4. The lowest BCUT2D eigenvalue weighted by Gasteiger charge is -2.16. The van der Waals surface area contributed by atoms with Crippen molar-refractivity contribution in [2.75, 3.05) is 20.2 Å². The molecule has 2 heterocycles. The Morgan fingerprint density at radius 3 is 2.63 bits per heavy atom. The van der Waals surface area contributed by atoms with Gasteiger partial charge in [0.2, 0.25) is 11.8 Å². The molecule has 0 bridgehead atoms. The number of aromatic nitrogens is 2. The van der Waals surface area contributed by atoms with Crippen LogP contribution in [-0.2, 0) is 22.6 Å². The molecule has 1 aliphatic rings. The molecule has 3 rings (SSSR count). The third-order valence-corrected chi connectivity index (χ3v) is 5.61. The first-order chi connectivity index (χ1) is 14.4. The fourth-order valence-corrected chi connectivity index (χ4v) is 3.83. The van der Waals surface area contributed by atoms with Crippen LogP contribution in [0.5, 0.6) is 5.75 Å². The second kappa shape index (κ2) is 9.69. The summed E-state index contributed by atoms with van der Waals surface area (Å²) in [7, 11) is 1.62. The third-order valence-electron chi connectivity index (χ3n) is 5.61. The summed E-state index contributed by atoms with van der Waals surface area (Å²) in [6.45, 7) is 7.60. The van der Waals surface area contributed by atoms with E-state index < -0.39 is 0 Å². The Bertz CT molecular complexity index is 905. The molecule has 0 saturated carbocycles. The highest BCUT2D eigenvalue weighted by Crippen LogP contribution is 2.26. The molecule has 1 aromatic carbocycles. The van der Waals surface area contributed by atoms with Crippen LogP contribution in [-0.4, -0.2) is 46.9 Å². The lowest BCUT2D eigenvalue weighted by molar-refractivity contribution is -0.129. The maximum absolute atomic E-state index is 12.5. The number of amides is 2. The number of likely N-dealkylation sites (tertiary alicyclic amines) is 1. The first kappa shape index (κ1) is 21.7. The van der Waals surface area contributed by atoms with Gasteiger partial charge < -0.3 is 15.0 Å². The van der Waals surface area contributed by atoms with Crippen LogP contribution in [0.15, 0.2) is 24.3 Å². The summed E-state index contributed by atoms with van der Waals surface area (Å²) in [5.41, 5.74) is 3.50. The largest absolute Gasteiger partial charge is 0.497 e. The van der Waals surface area contributed by atoms with Crippen LogP contribution in [0, 0.1) is 13.8 Å². The molecule has 1 aliphatic heterocycles. The van der Waals surface area contributed by atoms with Gasteiger partial charge in [0, 0.05) is 48.9 Å². The second-order valence-corrected chi connectivity index (χ2v) is 7.72. The van der Waals surface area contributed by atoms with Crippen molar-refractivity contribution in [2.24, 2.45) is 0 Å². The van der Waals surface area contributed by atoms with E-state index in [1.165, 1.54) is 0 Å². The van der Waals surface area contributed by atoms with Crippen LogP contribution in [0.3, 0.4) is 0 Å². The molecule has 0 radical (unpaired) electrons. The van der Waals surface area contributed by atoms with E-state index in [4.69, 9.17) is 4.74 Å². The van der Waals surface area contributed by atoms with E-state index in [-0.39, 0.29) is 24.2 Å². The predicted octanol–water partition coefficient (Wildman–Crippen LogP) is 2.69. The highest BCUT2D eigenvalue weighted by atomic mass is 16.5. The fraction of sp³-hybridized carbons (Fsp3) is 0.478. The quantitative estimate of drug-likeness (QED) is 0.759. The predicted molar refractivity (Wildman–Crippen MR) is 114 cm³/mol. The molecule has 2 aromatic rings. The van der Waals surface area contributed by atoms with Gasteiger partial charge in [0.15, 0.2) is 0 Å². The van der Waals surface area contributed by atoms with E-state index in [1.807, 2.05) is 49.9 Å². The van der Waals surface area contributed by atoms with E-state index in [2.05, 4.69) is 15.3 Å². The van der Waals surface area contributed by atoms with Gasteiger partial charge in [-0.1, -0.05) is 19.1 Å². The summed E-state index contributed by atoms with van der Waals surface area (Å²) in [4.78, 5) is 35.7. The van der Waals surface area contributed by atoms with Gasteiger partial charge in [0.05, 0.1) is 13.5 Å². The molecule has 1 N–H and O–H groups in total. The minimum atomic E-state index is -0.0686. The zero-order chi connectivity index (χ0) is 21.7. The van der Waals surface area contributed by atoms with E-state index in [1.54, 1.807) is 7.11 Å². The zero-order valence-electron chi connectivity index (χ0n) is 18.2. The Labute approximate surface area is 177 Å². The van der Waals surface area contributed by atoms with Gasteiger partial charge >= 0.3 is 0 Å². The van der Waals surface area contributed by atoms with E-state index >= 15 is 0 Å². The number of benzene rings is 1. The molecule has 1 saturated heterocycles. The summed E-state index contributed by atoms with van der Waals surface area (Å²) in [5, 5.41) is 2.95. The molecule has 0 spiro atoms. The SMILES string of the molecule is CCC(=O)N1CCC(c2nc(C)c(CC(=O)NCc3cccc(OC)c3)c(C)n2)C1. The summed E-state index contributed by atoms with van der Waals surface area (Å²) in [6, 6.07) is 7.63. The summed E-state index contributed by atoms with van der Waals surface area (Å²) < 4.78 is 5.22. The van der Waals surface area contributed by atoms with Gasteiger partial charge in [-0.2, -0.15) is 0 Å². The van der Waals surface area contributed by atoms with Crippen LogP contribution in [0.25, 0.3) is 0 Å². The molecule has 160 valence electrons. The van der Waals surface area contributed by atoms with Gasteiger partial charge in [-0.25, -0.2) is 9.97 Å². The number of hydrogen-bond acceptors (Lipinski definition) is 5. The normalized spacial score (nSPS) is 15.9. The smallest absolute Gasteiger partial charge is 0.224 e. The minimum Gasteiger partial charge on any atom is -0.497 e. The van der Waals surface area contributed by atoms with Crippen LogP contribution >= 0.6 is 0 Å². The molecule has 1 aromatic heterocycles. The first-order valence-corrected chi connectivity index (χ1v) is 10.4. The maximum Gasteiger partial charge on any atom is 0.224 e. The molecular weight excluding hydrogens is 380 g/mol. The number of nitrogens with one attached hydrogen (secondary N) is 1. The molecule has 1 unspecified atom stereocenters. The van der Waals surface area contributed by atoms with Crippen LogP contribution in [0.1, 0.15) is 54.0 Å². The lowest BCUT2D eigenvalue weighted by atomic mass is 10.0. The molecule has 0 aliphatic carbocycles. The Hall–Kier alpha value is -2.96. The van der Waals surface area contributed by atoms with Gasteiger partial charge in [-0.05, 0) is 38.0 Å². The zero-order valence-corrected chi connectivity index (χ0v) is 18.2. The van der Waals surface area contributed by atoms with Gasteiger partial charge in [-0.15, -0.1) is 0 Å². The van der Waals surface area contributed by atoms with Gasteiger partial charge in [0.1, 0.15) is 11.6 Å². The molecule has 2 amide bonds. The van der Waals surface area contributed by atoms with Crippen molar-refractivity contribution in [3.8, 4) is 5.75 Å². The van der Waals surface area contributed by atoms with Crippen molar-refractivity contribution in [3.63, 3.8) is 0 Å². The van der Waals surface area contributed by atoms with Crippen LogP contribution in [0.4, 0.5) is 0 Å². The highest BCUT2D eigenvalue weighted by Gasteiger charge is 2.29. The summed E-state index contributed by atoms with van der Waals surface area (Å²) >= 11 is 0.